The average Bonchev–Trinajstić information content (AvgIpc) is 2.49. The van der Waals surface area contributed by atoms with Gasteiger partial charge in [-0.25, -0.2) is 0 Å². The van der Waals surface area contributed by atoms with Crippen molar-refractivity contribution in [2.45, 2.75) is 19.6 Å². The molecule has 2 rings (SSSR count). The summed E-state index contributed by atoms with van der Waals surface area (Å²) in [6.07, 6.45) is 0. The van der Waals surface area contributed by atoms with Crippen LogP contribution in [0.5, 0.6) is 5.75 Å². The Labute approximate surface area is 120 Å². The predicted octanol–water partition coefficient (Wildman–Crippen LogP) is 4.01. The van der Waals surface area contributed by atoms with Crippen molar-refractivity contribution < 1.29 is 9.47 Å². The van der Waals surface area contributed by atoms with E-state index in [1.165, 1.54) is 5.56 Å². The van der Waals surface area contributed by atoms with Gasteiger partial charge in [0.05, 0.1) is 13.7 Å². The number of ether oxygens (including phenoxy) is 2. The Bertz CT molecular complexity index is 554. The fraction of sp³-hybridized carbons (Fsp3) is 0.294. The predicted molar refractivity (Wildman–Crippen MR) is 82.2 cm³/mol. The molecule has 3 nitrogen and oxygen atoms in total. The van der Waals surface area contributed by atoms with Crippen LogP contribution in [0.25, 0.3) is 0 Å². The van der Waals surface area contributed by atoms with Gasteiger partial charge in [-0.2, -0.15) is 0 Å². The highest BCUT2D eigenvalue weighted by molar-refractivity contribution is 5.52. The van der Waals surface area contributed by atoms with Crippen LogP contribution in [0.1, 0.15) is 24.1 Å². The van der Waals surface area contributed by atoms with Gasteiger partial charge >= 0.3 is 0 Å². The molecule has 0 spiro atoms. The van der Waals surface area contributed by atoms with Crippen LogP contribution in [-0.2, 0) is 11.3 Å². The summed E-state index contributed by atoms with van der Waals surface area (Å²) >= 11 is 0. The number of hydrogen-bond donors (Lipinski definition) is 1. The molecule has 2 aromatic carbocycles. The molecule has 0 aliphatic carbocycles. The number of nitrogens with one attached hydrogen (secondary N) is 1. The molecule has 0 radical (unpaired) electrons. The fourth-order valence-corrected chi connectivity index (χ4v) is 2.17. The summed E-state index contributed by atoms with van der Waals surface area (Å²) in [5, 5.41) is 3.53. The molecule has 106 valence electrons. The summed E-state index contributed by atoms with van der Waals surface area (Å²) in [6.45, 7) is 2.74. The third-order valence-corrected chi connectivity index (χ3v) is 3.28. The van der Waals surface area contributed by atoms with Crippen LogP contribution < -0.4 is 10.1 Å². The van der Waals surface area contributed by atoms with E-state index in [9.17, 15) is 0 Å². The lowest BCUT2D eigenvalue weighted by Crippen LogP contribution is -2.08. The summed E-state index contributed by atoms with van der Waals surface area (Å²) < 4.78 is 10.5. The molecule has 0 aromatic heterocycles. The standard InChI is InChI=1S/C17H21NO2/c1-13(14-8-6-9-16(11-14)20-3)18-17-10-5-4-7-15(17)12-19-2/h4-11,13,18H,12H2,1-3H3. The van der Waals surface area contributed by atoms with E-state index in [1.807, 2.05) is 24.3 Å². The van der Waals surface area contributed by atoms with E-state index in [0.29, 0.717) is 6.61 Å². The lowest BCUT2D eigenvalue weighted by Gasteiger charge is -2.19. The fourth-order valence-electron chi connectivity index (χ4n) is 2.17. The zero-order valence-corrected chi connectivity index (χ0v) is 12.2. The minimum Gasteiger partial charge on any atom is -0.497 e. The number of hydrogen-bond acceptors (Lipinski definition) is 3. The van der Waals surface area contributed by atoms with Crippen molar-refractivity contribution in [3.05, 3.63) is 59.7 Å². The van der Waals surface area contributed by atoms with Gasteiger partial charge in [0.25, 0.3) is 0 Å². The summed E-state index contributed by atoms with van der Waals surface area (Å²) in [6, 6.07) is 16.5. The molecule has 2 aromatic rings. The number of rotatable bonds is 6. The first-order chi connectivity index (χ1) is 9.74. The van der Waals surface area contributed by atoms with Gasteiger partial charge in [-0.15, -0.1) is 0 Å². The molecule has 3 heteroatoms. The van der Waals surface area contributed by atoms with E-state index in [-0.39, 0.29) is 6.04 Å². The summed E-state index contributed by atoms with van der Waals surface area (Å²) in [4.78, 5) is 0. The minimum atomic E-state index is 0.197. The van der Waals surface area contributed by atoms with Crippen molar-refractivity contribution in [1.29, 1.82) is 0 Å². The quantitative estimate of drug-likeness (QED) is 0.861. The van der Waals surface area contributed by atoms with Crippen LogP contribution in [0.15, 0.2) is 48.5 Å². The highest BCUT2D eigenvalue weighted by atomic mass is 16.5. The molecule has 0 amide bonds. The van der Waals surface area contributed by atoms with Crippen LogP contribution >= 0.6 is 0 Å². The van der Waals surface area contributed by atoms with E-state index < -0.39 is 0 Å². The minimum absolute atomic E-state index is 0.197. The SMILES string of the molecule is COCc1ccccc1NC(C)c1cccc(OC)c1. The van der Waals surface area contributed by atoms with Gasteiger partial charge in [-0.3, -0.25) is 0 Å². The maximum absolute atomic E-state index is 5.27. The first kappa shape index (κ1) is 14.4. The van der Waals surface area contributed by atoms with Crippen LogP contribution in [0.4, 0.5) is 5.69 Å². The van der Waals surface area contributed by atoms with Crippen molar-refractivity contribution in [2.75, 3.05) is 19.5 Å². The molecule has 0 saturated heterocycles. The first-order valence-corrected chi connectivity index (χ1v) is 6.72. The highest BCUT2D eigenvalue weighted by Gasteiger charge is 2.08. The van der Waals surface area contributed by atoms with E-state index in [2.05, 4.69) is 36.5 Å². The van der Waals surface area contributed by atoms with Crippen molar-refractivity contribution in [3.8, 4) is 5.75 Å². The van der Waals surface area contributed by atoms with E-state index in [4.69, 9.17) is 9.47 Å². The Morgan fingerprint density at radius 3 is 2.60 bits per heavy atom. The molecule has 20 heavy (non-hydrogen) atoms. The van der Waals surface area contributed by atoms with Crippen LogP contribution in [0, 0.1) is 0 Å². The lowest BCUT2D eigenvalue weighted by molar-refractivity contribution is 0.185. The van der Waals surface area contributed by atoms with E-state index in [0.717, 1.165) is 17.0 Å². The number of benzene rings is 2. The molecular formula is C17H21NO2. The Balaban J connectivity index is 2.16. The molecule has 1 atom stereocenters. The van der Waals surface area contributed by atoms with Gasteiger partial charge < -0.3 is 14.8 Å². The van der Waals surface area contributed by atoms with Crippen LogP contribution in [0.3, 0.4) is 0 Å². The Morgan fingerprint density at radius 2 is 1.85 bits per heavy atom. The second-order valence-corrected chi connectivity index (χ2v) is 4.73. The molecular weight excluding hydrogens is 250 g/mol. The van der Waals surface area contributed by atoms with E-state index in [1.54, 1.807) is 14.2 Å². The maximum atomic E-state index is 5.27. The first-order valence-electron chi connectivity index (χ1n) is 6.72. The number of para-hydroxylation sites is 1. The van der Waals surface area contributed by atoms with Crippen molar-refractivity contribution >= 4 is 5.69 Å². The Kier molecular flexibility index (Phi) is 5.02. The topological polar surface area (TPSA) is 30.5 Å². The third-order valence-electron chi connectivity index (χ3n) is 3.28. The number of anilines is 1. The second kappa shape index (κ2) is 6.96. The second-order valence-electron chi connectivity index (χ2n) is 4.73. The molecule has 0 aliphatic rings. The average molecular weight is 271 g/mol. The van der Waals surface area contributed by atoms with E-state index >= 15 is 0 Å². The zero-order chi connectivity index (χ0) is 14.4. The van der Waals surface area contributed by atoms with Gasteiger partial charge in [-0.1, -0.05) is 30.3 Å². The van der Waals surface area contributed by atoms with Crippen LogP contribution in [-0.4, -0.2) is 14.2 Å². The molecule has 0 fully saturated rings. The van der Waals surface area contributed by atoms with Crippen molar-refractivity contribution in [3.63, 3.8) is 0 Å². The summed E-state index contributed by atoms with van der Waals surface area (Å²) in [5.41, 5.74) is 3.45. The molecule has 0 aliphatic heterocycles. The lowest BCUT2D eigenvalue weighted by atomic mass is 10.1. The maximum Gasteiger partial charge on any atom is 0.119 e. The monoisotopic (exact) mass is 271 g/mol. The Morgan fingerprint density at radius 1 is 1.05 bits per heavy atom. The molecule has 0 heterocycles. The van der Waals surface area contributed by atoms with Gasteiger partial charge in [-0.05, 0) is 30.7 Å². The van der Waals surface area contributed by atoms with Gasteiger partial charge in [0.1, 0.15) is 5.75 Å². The smallest absolute Gasteiger partial charge is 0.119 e. The molecule has 1 N–H and O–H groups in total. The third kappa shape index (κ3) is 3.52. The van der Waals surface area contributed by atoms with Crippen molar-refractivity contribution in [2.24, 2.45) is 0 Å². The van der Waals surface area contributed by atoms with Crippen LogP contribution in [0.2, 0.25) is 0 Å². The largest absolute Gasteiger partial charge is 0.497 e. The normalized spacial score (nSPS) is 11.9. The van der Waals surface area contributed by atoms with Gasteiger partial charge in [0, 0.05) is 24.4 Å². The summed E-state index contributed by atoms with van der Waals surface area (Å²) in [5.74, 6) is 0.876. The Hall–Kier alpha value is -2.00. The zero-order valence-electron chi connectivity index (χ0n) is 12.2. The highest BCUT2D eigenvalue weighted by Crippen LogP contribution is 2.25. The van der Waals surface area contributed by atoms with Gasteiger partial charge in [0.2, 0.25) is 0 Å². The molecule has 1 unspecified atom stereocenters. The van der Waals surface area contributed by atoms with Gasteiger partial charge in [0.15, 0.2) is 0 Å². The number of methoxy groups -OCH3 is 2. The molecule has 0 bridgehead atoms. The van der Waals surface area contributed by atoms with Crippen molar-refractivity contribution in [1.82, 2.24) is 0 Å². The molecule has 0 saturated carbocycles. The summed E-state index contributed by atoms with van der Waals surface area (Å²) in [7, 11) is 3.40.